The van der Waals surface area contributed by atoms with E-state index in [9.17, 15) is 9.18 Å². The lowest BCUT2D eigenvalue weighted by atomic mass is 10.2. The van der Waals surface area contributed by atoms with Crippen molar-refractivity contribution < 1.29 is 9.18 Å². The van der Waals surface area contributed by atoms with E-state index in [1.165, 1.54) is 23.5 Å². The zero-order valence-electron chi connectivity index (χ0n) is 14.2. The van der Waals surface area contributed by atoms with Gasteiger partial charge in [-0.1, -0.05) is 0 Å². The van der Waals surface area contributed by atoms with E-state index in [-0.39, 0.29) is 11.7 Å². The Hall–Kier alpha value is -2.41. The minimum atomic E-state index is -0.230. The lowest BCUT2D eigenvalue weighted by Crippen LogP contribution is -2.48. The molecule has 130 valence electrons. The van der Waals surface area contributed by atoms with Gasteiger partial charge in [-0.15, -0.1) is 11.3 Å². The number of carbonyl (C=O) groups is 1. The van der Waals surface area contributed by atoms with Crippen molar-refractivity contribution in [3.63, 3.8) is 0 Å². The Bertz CT molecular complexity index is 888. The summed E-state index contributed by atoms with van der Waals surface area (Å²) >= 11 is 1.50. The van der Waals surface area contributed by atoms with Crippen LogP contribution in [-0.4, -0.2) is 46.8 Å². The number of anilines is 1. The standard InChI is InChI=1S/C18H19FN4OS/c1-12-15-11-16(25-18(15)21(2)20-12)17(24)23-9-7-22(8-10-23)14-5-3-13(19)4-6-14/h3-6,11H,7-10H2,1-2H3. The van der Waals surface area contributed by atoms with Crippen molar-refractivity contribution in [1.82, 2.24) is 14.7 Å². The average Bonchev–Trinajstić information content (AvgIpc) is 3.17. The molecule has 0 saturated carbocycles. The van der Waals surface area contributed by atoms with E-state index in [1.54, 1.807) is 12.1 Å². The first-order valence-electron chi connectivity index (χ1n) is 8.26. The predicted molar refractivity (Wildman–Crippen MR) is 97.8 cm³/mol. The van der Waals surface area contributed by atoms with Crippen molar-refractivity contribution in [3.8, 4) is 0 Å². The Labute approximate surface area is 149 Å². The molecule has 3 aromatic rings. The molecule has 7 heteroatoms. The van der Waals surface area contributed by atoms with Crippen LogP contribution in [0, 0.1) is 12.7 Å². The average molecular weight is 358 g/mol. The highest BCUT2D eigenvalue weighted by molar-refractivity contribution is 7.20. The number of rotatable bonds is 2. The zero-order valence-corrected chi connectivity index (χ0v) is 15.0. The number of benzene rings is 1. The van der Waals surface area contributed by atoms with Gasteiger partial charge in [-0.2, -0.15) is 5.10 Å². The molecule has 0 unspecified atom stereocenters. The molecule has 0 radical (unpaired) electrons. The Balaban J connectivity index is 1.47. The fourth-order valence-corrected chi connectivity index (χ4v) is 4.38. The number of hydrogen-bond donors (Lipinski definition) is 0. The fraction of sp³-hybridized carbons (Fsp3) is 0.333. The Morgan fingerprint density at radius 1 is 1.16 bits per heavy atom. The summed E-state index contributed by atoms with van der Waals surface area (Å²) < 4.78 is 14.9. The summed E-state index contributed by atoms with van der Waals surface area (Å²) in [5, 5.41) is 5.44. The largest absolute Gasteiger partial charge is 0.368 e. The highest BCUT2D eigenvalue weighted by atomic mass is 32.1. The van der Waals surface area contributed by atoms with E-state index in [0.717, 1.165) is 39.6 Å². The maximum atomic E-state index is 13.1. The number of halogens is 1. The predicted octanol–water partition coefficient (Wildman–Crippen LogP) is 3.04. The number of nitrogens with zero attached hydrogens (tertiary/aromatic N) is 4. The van der Waals surface area contributed by atoms with E-state index < -0.39 is 0 Å². The van der Waals surface area contributed by atoms with Crippen molar-refractivity contribution in [2.24, 2.45) is 7.05 Å². The molecule has 0 atom stereocenters. The number of aromatic nitrogens is 2. The van der Waals surface area contributed by atoms with Crippen LogP contribution in [0.2, 0.25) is 0 Å². The monoisotopic (exact) mass is 358 g/mol. The summed E-state index contributed by atoms with van der Waals surface area (Å²) in [5.74, 6) is -0.147. The zero-order chi connectivity index (χ0) is 17.6. The van der Waals surface area contributed by atoms with Gasteiger partial charge in [-0.05, 0) is 37.3 Å². The third-order valence-corrected chi connectivity index (χ3v) is 5.86. The van der Waals surface area contributed by atoms with Gasteiger partial charge in [-0.25, -0.2) is 4.39 Å². The summed E-state index contributed by atoms with van der Waals surface area (Å²) in [6.45, 7) is 4.81. The van der Waals surface area contributed by atoms with Gasteiger partial charge >= 0.3 is 0 Å². The van der Waals surface area contributed by atoms with Gasteiger partial charge in [0.25, 0.3) is 5.91 Å². The summed E-state index contributed by atoms with van der Waals surface area (Å²) in [6, 6.07) is 8.47. The second-order valence-corrected chi connectivity index (χ2v) is 7.32. The lowest BCUT2D eigenvalue weighted by Gasteiger charge is -2.36. The third-order valence-electron chi connectivity index (χ3n) is 4.67. The fourth-order valence-electron chi connectivity index (χ4n) is 3.29. The summed E-state index contributed by atoms with van der Waals surface area (Å²) in [7, 11) is 1.90. The smallest absolute Gasteiger partial charge is 0.264 e. The highest BCUT2D eigenvalue weighted by Gasteiger charge is 2.24. The number of hydrogen-bond acceptors (Lipinski definition) is 4. The first-order chi connectivity index (χ1) is 12.0. The molecule has 0 aliphatic carbocycles. The molecule has 3 heterocycles. The molecule has 0 bridgehead atoms. The molecule has 1 saturated heterocycles. The van der Waals surface area contributed by atoms with Gasteiger partial charge in [0.15, 0.2) is 0 Å². The molecule has 1 aliphatic rings. The second-order valence-electron chi connectivity index (χ2n) is 6.29. The van der Waals surface area contributed by atoms with Crippen LogP contribution in [0.5, 0.6) is 0 Å². The molecular formula is C18H19FN4OS. The van der Waals surface area contributed by atoms with E-state index in [4.69, 9.17) is 0 Å². The van der Waals surface area contributed by atoms with Crippen LogP contribution >= 0.6 is 11.3 Å². The Morgan fingerprint density at radius 3 is 2.48 bits per heavy atom. The molecule has 4 rings (SSSR count). The van der Waals surface area contributed by atoms with E-state index in [2.05, 4.69) is 10.00 Å². The molecule has 25 heavy (non-hydrogen) atoms. The van der Waals surface area contributed by atoms with Crippen molar-refractivity contribution in [2.75, 3.05) is 31.1 Å². The molecule has 5 nitrogen and oxygen atoms in total. The van der Waals surface area contributed by atoms with Gasteiger partial charge in [0, 0.05) is 44.3 Å². The number of carbonyl (C=O) groups excluding carboxylic acids is 1. The van der Waals surface area contributed by atoms with Crippen LogP contribution in [0.3, 0.4) is 0 Å². The van der Waals surface area contributed by atoms with Crippen molar-refractivity contribution in [2.45, 2.75) is 6.92 Å². The first-order valence-corrected chi connectivity index (χ1v) is 9.07. The van der Waals surface area contributed by atoms with Crippen molar-refractivity contribution >= 4 is 33.1 Å². The maximum Gasteiger partial charge on any atom is 0.264 e. The molecule has 0 spiro atoms. The topological polar surface area (TPSA) is 41.4 Å². The second kappa shape index (κ2) is 6.15. The Morgan fingerprint density at radius 2 is 1.84 bits per heavy atom. The molecule has 0 N–H and O–H groups in total. The van der Waals surface area contributed by atoms with Gasteiger partial charge in [0.1, 0.15) is 10.6 Å². The number of amides is 1. The summed E-state index contributed by atoms with van der Waals surface area (Å²) in [4.78, 5) is 18.7. The lowest BCUT2D eigenvalue weighted by molar-refractivity contribution is 0.0752. The maximum absolute atomic E-state index is 13.1. The summed E-state index contributed by atoms with van der Waals surface area (Å²) in [6.07, 6.45) is 0. The number of thiophene rings is 1. The van der Waals surface area contributed by atoms with Gasteiger partial charge in [-0.3, -0.25) is 9.48 Å². The van der Waals surface area contributed by atoms with E-state index in [0.29, 0.717) is 13.1 Å². The van der Waals surface area contributed by atoms with E-state index >= 15 is 0 Å². The van der Waals surface area contributed by atoms with Gasteiger partial charge < -0.3 is 9.80 Å². The highest BCUT2D eigenvalue weighted by Crippen LogP contribution is 2.29. The minimum absolute atomic E-state index is 0.0827. The molecule has 1 aromatic carbocycles. The third kappa shape index (κ3) is 2.89. The first kappa shape index (κ1) is 16.1. The number of fused-ring (bicyclic) bond motifs is 1. The molecule has 1 fully saturated rings. The van der Waals surface area contributed by atoms with Crippen LogP contribution in [0.4, 0.5) is 10.1 Å². The van der Waals surface area contributed by atoms with Crippen LogP contribution in [0.25, 0.3) is 10.2 Å². The summed E-state index contributed by atoms with van der Waals surface area (Å²) in [5.41, 5.74) is 1.95. The van der Waals surface area contributed by atoms with Crippen LogP contribution < -0.4 is 4.90 Å². The Kier molecular flexibility index (Phi) is 3.95. The van der Waals surface area contributed by atoms with Gasteiger partial charge in [0.2, 0.25) is 0 Å². The SMILES string of the molecule is Cc1nn(C)c2sc(C(=O)N3CCN(c4ccc(F)cc4)CC3)cc12. The molecule has 2 aromatic heterocycles. The van der Waals surface area contributed by atoms with Crippen LogP contribution in [0.1, 0.15) is 15.4 Å². The number of piperazine rings is 1. The molecule has 1 amide bonds. The van der Waals surface area contributed by atoms with E-state index in [1.807, 2.05) is 29.6 Å². The molecular weight excluding hydrogens is 339 g/mol. The van der Waals surface area contributed by atoms with Crippen LogP contribution in [-0.2, 0) is 7.05 Å². The number of aryl methyl sites for hydroxylation is 2. The van der Waals surface area contributed by atoms with Gasteiger partial charge in [0.05, 0.1) is 10.6 Å². The van der Waals surface area contributed by atoms with Crippen molar-refractivity contribution in [3.05, 3.63) is 46.7 Å². The quantitative estimate of drug-likeness (QED) is 0.707. The van der Waals surface area contributed by atoms with Crippen LogP contribution in [0.15, 0.2) is 30.3 Å². The van der Waals surface area contributed by atoms with Crippen molar-refractivity contribution in [1.29, 1.82) is 0 Å². The normalized spacial score (nSPS) is 15.2. The minimum Gasteiger partial charge on any atom is -0.368 e. The molecule has 1 aliphatic heterocycles.